The fourth-order valence-electron chi connectivity index (χ4n) is 2.17. The smallest absolute Gasteiger partial charge is 0.0611 e. The van der Waals surface area contributed by atoms with Gasteiger partial charge in [-0.05, 0) is 51.9 Å². The van der Waals surface area contributed by atoms with Gasteiger partial charge in [-0.1, -0.05) is 0 Å². The molecule has 2 N–H and O–H groups in total. The van der Waals surface area contributed by atoms with E-state index in [1.165, 1.54) is 25.7 Å². The molecule has 2 rings (SSSR count). The lowest BCUT2D eigenvalue weighted by Gasteiger charge is -2.31. The van der Waals surface area contributed by atoms with E-state index in [1.54, 1.807) is 0 Å². The van der Waals surface area contributed by atoms with E-state index in [2.05, 4.69) is 19.2 Å². The van der Waals surface area contributed by atoms with Crippen molar-refractivity contribution in [2.75, 3.05) is 13.2 Å². The summed E-state index contributed by atoms with van der Waals surface area (Å²) in [6, 6.07) is 0.632. The van der Waals surface area contributed by atoms with Crippen molar-refractivity contribution in [2.24, 2.45) is 5.92 Å². The third-order valence-corrected chi connectivity index (χ3v) is 3.53. The van der Waals surface area contributed by atoms with E-state index in [9.17, 15) is 5.11 Å². The molecule has 0 aromatic rings. The zero-order chi connectivity index (χ0) is 11.6. The Labute approximate surface area is 98.6 Å². The predicted octanol–water partition coefficient (Wildman–Crippen LogP) is 1.69. The second-order valence-electron chi connectivity index (χ2n) is 5.93. The van der Waals surface area contributed by atoms with Crippen molar-refractivity contribution in [1.29, 1.82) is 0 Å². The lowest BCUT2D eigenvalue weighted by molar-refractivity contribution is 0.0223. The Morgan fingerprint density at radius 3 is 2.56 bits per heavy atom. The first-order valence-corrected chi connectivity index (χ1v) is 6.61. The zero-order valence-corrected chi connectivity index (χ0v) is 10.5. The average Bonchev–Trinajstić information content (AvgIpc) is 3.09. The molecule has 0 spiro atoms. The molecule has 0 saturated heterocycles. The van der Waals surface area contributed by atoms with Crippen LogP contribution in [-0.4, -0.2) is 36.0 Å². The van der Waals surface area contributed by atoms with Gasteiger partial charge in [0.2, 0.25) is 0 Å². The van der Waals surface area contributed by atoms with Crippen molar-refractivity contribution in [2.45, 2.75) is 63.6 Å². The fraction of sp³-hybridized carbons (Fsp3) is 1.00. The third-order valence-electron chi connectivity index (χ3n) is 3.53. The van der Waals surface area contributed by atoms with Crippen molar-refractivity contribution >= 4 is 0 Å². The molecule has 94 valence electrons. The van der Waals surface area contributed by atoms with Crippen LogP contribution in [0.1, 0.15) is 46.0 Å². The van der Waals surface area contributed by atoms with Crippen LogP contribution in [0.15, 0.2) is 0 Å². The van der Waals surface area contributed by atoms with Crippen LogP contribution in [0.3, 0.4) is 0 Å². The minimum absolute atomic E-state index is 0.163. The highest BCUT2D eigenvalue weighted by Gasteiger charge is 2.33. The van der Waals surface area contributed by atoms with E-state index in [-0.39, 0.29) is 18.2 Å². The summed E-state index contributed by atoms with van der Waals surface area (Å²) in [4.78, 5) is 0. The van der Waals surface area contributed by atoms with Gasteiger partial charge >= 0.3 is 0 Å². The Bertz CT molecular complexity index is 226. The molecule has 2 atom stereocenters. The first-order valence-electron chi connectivity index (χ1n) is 6.61. The van der Waals surface area contributed by atoms with Crippen LogP contribution in [0.5, 0.6) is 0 Å². The van der Waals surface area contributed by atoms with Gasteiger partial charge in [-0.25, -0.2) is 0 Å². The van der Waals surface area contributed by atoms with Gasteiger partial charge in [-0.3, -0.25) is 0 Å². The number of aliphatic hydroxyl groups excluding tert-OH is 1. The number of hydrogen-bond acceptors (Lipinski definition) is 3. The molecule has 2 saturated carbocycles. The SMILES string of the molecule is CC(CC(C)(CO)NC1CC1)OCC1CC1. The molecule has 0 aliphatic heterocycles. The molecule has 0 aromatic heterocycles. The molecule has 3 heteroatoms. The summed E-state index contributed by atoms with van der Waals surface area (Å²) in [7, 11) is 0. The maximum Gasteiger partial charge on any atom is 0.0611 e. The Kier molecular flexibility index (Phi) is 3.88. The Balaban J connectivity index is 1.69. The van der Waals surface area contributed by atoms with E-state index in [0.29, 0.717) is 6.04 Å². The van der Waals surface area contributed by atoms with Crippen molar-refractivity contribution in [1.82, 2.24) is 5.32 Å². The van der Waals surface area contributed by atoms with Crippen molar-refractivity contribution < 1.29 is 9.84 Å². The first kappa shape index (κ1) is 12.3. The van der Waals surface area contributed by atoms with E-state index in [4.69, 9.17) is 4.74 Å². The lowest BCUT2D eigenvalue weighted by Crippen LogP contribution is -2.49. The summed E-state index contributed by atoms with van der Waals surface area (Å²) < 4.78 is 5.81. The summed E-state index contributed by atoms with van der Waals surface area (Å²) in [5, 5.41) is 13.0. The van der Waals surface area contributed by atoms with Crippen molar-refractivity contribution in [3.63, 3.8) is 0 Å². The van der Waals surface area contributed by atoms with Gasteiger partial charge in [0.1, 0.15) is 0 Å². The lowest BCUT2D eigenvalue weighted by atomic mass is 9.95. The van der Waals surface area contributed by atoms with Crippen LogP contribution in [0, 0.1) is 5.92 Å². The zero-order valence-electron chi connectivity index (χ0n) is 10.5. The highest BCUT2D eigenvalue weighted by molar-refractivity contribution is 4.93. The third kappa shape index (κ3) is 4.04. The topological polar surface area (TPSA) is 41.5 Å². The van der Waals surface area contributed by atoms with Crippen LogP contribution in [0.2, 0.25) is 0 Å². The molecule has 2 unspecified atom stereocenters. The van der Waals surface area contributed by atoms with Crippen molar-refractivity contribution in [3.05, 3.63) is 0 Å². The Morgan fingerprint density at radius 2 is 2.06 bits per heavy atom. The summed E-state index contributed by atoms with van der Waals surface area (Å²) >= 11 is 0. The highest BCUT2D eigenvalue weighted by atomic mass is 16.5. The standard InChI is InChI=1S/C13H25NO2/c1-10(16-8-11-3-4-11)7-13(2,9-15)14-12-5-6-12/h10-12,14-15H,3-9H2,1-2H3. The Hall–Kier alpha value is -0.120. The molecule has 16 heavy (non-hydrogen) atoms. The molecule has 0 amide bonds. The van der Waals surface area contributed by atoms with Crippen LogP contribution in [0.25, 0.3) is 0 Å². The van der Waals surface area contributed by atoms with Gasteiger partial charge in [0.25, 0.3) is 0 Å². The molecule has 0 radical (unpaired) electrons. The molecule has 2 aliphatic rings. The monoisotopic (exact) mass is 227 g/mol. The molecular weight excluding hydrogens is 202 g/mol. The molecule has 0 heterocycles. The number of nitrogens with one attached hydrogen (secondary N) is 1. The van der Waals surface area contributed by atoms with Gasteiger partial charge in [0, 0.05) is 18.2 Å². The molecule has 2 fully saturated rings. The van der Waals surface area contributed by atoms with Gasteiger partial charge in [0.15, 0.2) is 0 Å². The van der Waals surface area contributed by atoms with Gasteiger partial charge in [-0.15, -0.1) is 0 Å². The maximum atomic E-state index is 9.48. The summed E-state index contributed by atoms with van der Waals surface area (Å²) in [6.07, 6.45) is 6.32. The fourth-order valence-corrected chi connectivity index (χ4v) is 2.17. The van der Waals surface area contributed by atoms with E-state index in [1.807, 2.05) is 0 Å². The van der Waals surface area contributed by atoms with Gasteiger partial charge < -0.3 is 15.2 Å². The van der Waals surface area contributed by atoms with E-state index >= 15 is 0 Å². The normalized spacial score (nSPS) is 26.4. The van der Waals surface area contributed by atoms with Gasteiger partial charge in [-0.2, -0.15) is 0 Å². The van der Waals surface area contributed by atoms with Crippen LogP contribution < -0.4 is 5.32 Å². The average molecular weight is 227 g/mol. The summed E-state index contributed by atoms with van der Waals surface area (Å²) in [6.45, 7) is 5.32. The molecule has 0 bridgehead atoms. The van der Waals surface area contributed by atoms with Crippen LogP contribution >= 0.6 is 0 Å². The van der Waals surface area contributed by atoms with E-state index in [0.717, 1.165) is 18.9 Å². The summed E-state index contributed by atoms with van der Waals surface area (Å²) in [5.74, 6) is 0.819. The largest absolute Gasteiger partial charge is 0.394 e. The number of rotatable bonds is 8. The number of ether oxygens (including phenoxy) is 1. The minimum Gasteiger partial charge on any atom is -0.394 e. The highest BCUT2D eigenvalue weighted by Crippen LogP contribution is 2.30. The number of hydrogen-bond donors (Lipinski definition) is 2. The molecule has 0 aromatic carbocycles. The maximum absolute atomic E-state index is 9.48. The van der Waals surface area contributed by atoms with Gasteiger partial charge in [0.05, 0.1) is 12.7 Å². The predicted molar refractivity (Wildman–Crippen MR) is 64.4 cm³/mol. The van der Waals surface area contributed by atoms with Crippen LogP contribution in [0.4, 0.5) is 0 Å². The minimum atomic E-state index is -0.163. The van der Waals surface area contributed by atoms with Crippen LogP contribution in [-0.2, 0) is 4.74 Å². The molecule has 2 aliphatic carbocycles. The second kappa shape index (κ2) is 5.03. The Morgan fingerprint density at radius 1 is 1.38 bits per heavy atom. The molecule has 3 nitrogen and oxygen atoms in total. The molecular formula is C13H25NO2. The quantitative estimate of drug-likeness (QED) is 0.663. The first-order chi connectivity index (χ1) is 7.61. The van der Waals surface area contributed by atoms with E-state index < -0.39 is 0 Å². The second-order valence-corrected chi connectivity index (χ2v) is 5.93. The van der Waals surface area contributed by atoms with Crippen molar-refractivity contribution in [3.8, 4) is 0 Å². The number of aliphatic hydroxyl groups is 1. The summed E-state index contributed by atoms with van der Waals surface area (Å²) in [5.41, 5.74) is -0.163.